The fourth-order valence-electron chi connectivity index (χ4n) is 1.98. The Morgan fingerprint density at radius 2 is 1.89 bits per heavy atom. The molecule has 0 bridgehead atoms. The molecule has 0 saturated carbocycles. The number of ether oxygens (including phenoxy) is 1. The Morgan fingerprint density at radius 1 is 1.22 bits per heavy atom. The van der Waals surface area contributed by atoms with Crippen LogP contribution in [0.3, 0.4) is 0 Å². The van der Waals surface area contributed by atoms with Gasteiger partial charge in [-0.25, -0.2) is 0 Å². The van der Waals surface area contributed by atoms with Crippen LogP contribution in [0.2, 0.25) is 0 Å². The van der Waals surface area contributed by atoms with Crippen LogP contribution < -0.4 is 5.32 Å². The zero-order chi connectivity index (χ0) is 13.4. The lowest BCUT2D eigenvalue weighted by Crippen LogP contribution is -2.27. The SMILES string of the molecule is CNC(CCN(C)CCOC)c1ccc(C)cc1. The van der Waals surface area contributed by atoms with Crippen molar-refractivity contribution in [1.82, 2.24) is 10.2 Å². The summed E-state index contributed by atoms with van der Waals surface area (Å²) in [5.74, 6) is 0. The van der Waals surface area contributed by atoms with E-state index in [2.05, 4.69) is 48.5 Å². The molecule has 1 atom stereocenters. The molecular weight excluding hydrogens is 224 g/mol. The lowest BCUT2D eigenvalue weighted by atomic mass is 10.0. The van der Waals surface area contributed by atoms with Crippen LogP contribution in [0.4, 0.5) is 0 Å². The Balaban J connectivity index is 2.44. The minimum absolute atomic E-state index is 0.426. The predicted octanol–water partition coefficient (Wildman–Crippen LogP) is 2.22. The van der Waals surface area contributed by atoms with Crippen LogP contribution in [0.15, 0.2) is 24.3 Å². The largest absolute Gasteiger partial charge is 0.383 e. The summed E-state index contributed by atoms with van der Waals surface area (Å²) in [7, 11) is 5.91. The first kappa shape index (κ1) is 15.2. The maximum absolute atomic E-state index is 5.09. The molecule has 18 heavy (non-hydrogen) atoms. The molecule has 0 aliphatic rings. The molecule has 0 aliphatic heterocycles. The van der Waals surface area contributed by atoms with E-state index in [9.17, 15) is 0 Å². The number of nitrogens with one attached hydrogen (secondary N) is 1. The van der Waals surface area contributed by atoms with E-state index < -0.39 is 0 Å². The summed E-state index contributed by atoms with van der Waals surface area (Å²) in [4.78, 5) is 2.31. The van der Waals surface area contributed by atoms with E-state index in [1.165, 1.54) is 11.1 Å². The van der Waals surface area contributed by atoms with Crippen LogP contribution in [-0.4, -0.2) is 45.8 Å². The standard InChI is InChI=1S/C15H26N2O/c1-13-5-7-14(8-6-13)15(16-2)9-10-17(3)11-12-18-4/h5-8,15-16H,9-12H2,1-4H3. The Bertz CT molecular complexity index is 324. The first-order valence-corrected chi connectivity index (χ1v) is 6.58. The average molecular weight is 250 g/mol. The van der Waals surface area contributed by atoms with Crippen molar-refractivity contribution >= 4 is 0 Å². The summed E-state index contributed by atoms with van der Waals surface area (Å²) in [6.45, 7) is 4.98. The van der Waals surface area contributed by atoms with Crippen molar-refractivity contribution in [3.63, 3.8) is 0 Å². The van der Waals surface area contributed by atoms with Crippen molar-refractivity contribution in [2.45, 2.75) is 19.4 Å². The van der Waals surface area contributed by atoms with Crippen molar-refractivity contribution < 1.29 is 4.74 Å². The molecule has 0 heterocycles. The van der Waals surface area contributed by atoms with Gasteiger partial charge in [-0.2, -0.15) is 0 Å². The molecule has 102 valence electrons. The van der Waals surface area contributed by atoms with Crippen molar-refractivity contribution in [2.75, 3.05) is 40.9 Å². The molecule has 1 aromatic carbocycles. The fraction of sp³-hybridized carbons (Fsp3) is 0.600. The van der Waals surface area contributed by atoms with Gasteiger partial charge in [0.15, 0.2) is 0 Å². The van der Waals surface area contributed by atoms with Crippen molar-refractivity contribution in [1.29, 1.82) is 0 Å². The predicted molar refractivity (Wildman–Crippen MR) is 77.0 cm³/mol. The summed E-state index contributed by atoms with van der Waals surface area (Å²) in [6.07, 6.45) is 1.11. The van der Waals surface area contributed by atoms with Crippen LogP contribution in [0, 0.1) is 6.92 Å². The molecule has 1 N–H and O–H groups in total. The molecule has 0 spiro atoms. The second kappa shape index (κ2) is 8.25. The van der Waals surface area contributed by atoms with Crippen LogP contribution >= 0.6 is 0 Å². The van der Waals surface area contributed by atoms with E-state index in [-0.39, 0.29) is 0 Å². The maximum atomic E-state index is 5.09. The van der Waals surface area contributed by atoms with Gasteiger partial charge in [-0.15, -0.1) is 0 Å². The monoisotopic (exact) mass is 250 g/mol. The molecule has 0 aromatic heterocycles. The number of aryl methyl sites for hydroxylation is 1. The van der Waals surface area contributed by atoms with Gasteiger partial charge in [-0.05, 0) is 39.5 Å². The third-order valence-electron chi connectivity index (χ3n) is 3.30. The third kappa shape index (κ3) is 5.17. The van der Waals surface area contributed by atoms with Crippen molar-refractivity contribution in [2.24, 2.45) is 0 Å². The summed E-state index contributed by atoms with van der Waals surface area (Å²) in [5, 5.41) is 3.39. The molecule has 1 rings (SSSR count). The highest BCUT2D eigenvalue weighted by Crippen LogP contribution is 2.17. The highest BCUT2D eigenvalue weighted by molar-refractivity contribution is 5.24. The number of rotatable bonds is 8. The van der Waals surface area contributed by atoms with E-state index >= 15 is 0 Å². The second-order valence-electron chi connectivity index (χ2n) is 4.84. The molecule has 0 fully saturated rings. The minimum atomic E-state index is 0.426. The second-order valence-corrected chi connectivity index (χ2v) is 4.84. The van der Waals surface area contributed by atoms with Crippen LogP contribution in [0.1, 0.15) is 23.6 Å². The van der Waals surface area contributed by atoms with Gasteiger partial charge in [-0.3, -0.25) is 0 Å². The maximum Gasteiger partial charge on any atom is 0.0589 e. The van der Waals surface area contributed by atoms with Gasteiger partial charge < -0.3 is 15.0 Å². The topological polar surface area (TPSA) is 24.5 Å². The summed E-state index contributed by atoms with van der Waals surface area (Å²) >= 11 is 0. The van der Waals surface area contributed by atoms with E-state index in [0.29, 0.717) is 6.04 Å². The Morgan fingerprint density at radius 3 is 2.44 bits per heavy atom. The summed E-state index contributed by atoms with van der Waals surface area (Å²) in [6, 6.07) is 9.20. The third-order valence-corrected chi connectivity index (χ3v) is 3.30. The Labute approximate surface area is 111 Å². The first-order chi connectivity index (χ1) is 8.67. The molecule has 0 radical (unpaired) electrons. The smallest absolute Gasteiger partial charge is 0.0589 e. The highest BCUT2D eigenvalue weighted by atomic mass is 16.5. The van der Waals surface area contributed by atoms with E-state index in [4.69, 9.17) is 4.74 Å². The van der Waals surface area contributed by atoms with Gasteiger partial charge in [0, 0.05) is 19.7 Å². The highest BCUT2D eigenvalue weighted by Gasteiger charge is 2.09. The van der Waals surface area contributed by atoms with Gasteiger partial charge in [0.05, 0.1) is 6.61 Å². The normalized spacial score (nSPS) is 12.9. The number of nitrogens with zero attached hydrogens (tertiary/aromatic N) is 1. The quantitative estimate of drug-likeness (QED) is 0.765. The molecule has 3 heteroatoms. The van der Waals surface area contributed by atoms with Gasteiger partial charge in [0.25, 0.3) is 0 Å². The Kier molecular flexibility index (Phi) is 6.94. The number of hydrogen-bond acceptors (Lipinski definition) is 3. The number of methoxy groups -OCH3 is 1. The number of likely N-dealkylation sites (N-methyl/N-ethyl adjacent to an activating group) is 1. The van der Waals surface area contributed by atoms with Crippen molar-refractivity contribution in [3.8, 4) is 0 Å². The number of benzene rings is 1. The fourth-order valence-corrected chi connectivity index (χ4v) is 1.98. The molecule has 0 saturated heterocycles. The molecule has 3 nitrogen and oxygen atoms in total. The zero-order valence-corrected chi connectivity index (χ0v) is 12.1. The van der Waals surface area contributed by atoms with Gasteiger partial charge in [0.2, 0.25) is 0 Å². The molecule has 0 aliphatic carbocycles. The van der Waals surface area contributed by atoms with Crippen LogP contribution in [0.25, 0.3) is 0 Å². The van der Waals surface area contributed by atoms with Crippen molar-refractivity contribution in [3.05, 3.63) is 35.4 Å². The summed E-state index contributed by atoms with van der Waals surface area (Å²) in [5.41, 5.74) is 2.68. The van der Waals surface area contributed by atoms with E-state index in [0.717, 1.165) is 26.1 Å². The molecule has 1 aromatic rings. The minimum Gasteiger partial charge on any atom is -0.383 e. The summed E-state index contributed by atoms with van der Waals surface area (Å²) < 4.78 is 5.09. The van der Waals surface area contributed by atoms with Gasteiger partial charge >= 0.3 is 0 Å². The average Bonchev–Trinajstić information content (AvgIpc) is 2.39. The van der Waals surface area contributed by atoms with Gasteiger partial charge in [0.1, 0.15) is 0 Å². The van der Waals surface area contributed by atoms with Crippen LogP contribution in [-0.2, 0) is 4.74 Å². The lowest BCUT2D eigenvalue weighted by Gasteiger charge is -2.21. The molecular formula is C15H26N2O. The van der Waals surface area contributed by atoms with Gasteiger partial charge in [-0.1, -0.05) is 29.8 Å². The molecule has 1 unspecified atom stereocenters. The molecule has 0 amide bonds. The van der Waals surface area contributed by atoms with Crippen LogP contribution in [0.5, 0.6) is 0 Å². The number of hydrogen-bond donors (Lipinski definition) is 1. The van der Waals surface area contributed by atoms with E-state index in [1.807, 2.05) is 7.05 Å². The zero-order valence-electron chi connectivity index (χ0n) is 12.1. The lowest BCUT2D eigenvalue weighted by molar-refractivity contribution is 0.159. The Hall–Kier alpha value is -0.900. The van der Waals surface area contributed by atoms with E-state index in [1.54, 1.807) is 7.11 Å². The first-order valence-electron chi connectivity index (χ1n) is 6.58.